The van der Waals surface area contributed by atoms with Crippen molar-refractivity contribution >= 4 is 11.9 Å². The Morgan fingerprint density at radius 2 is 1.92 bits per heavy atom. The molecule has 2 saturated heterocycles. The minimum Gasteiger partial charge on any atom is -0.444 e. The molecule has 3 rings (SSSR count). The molecule has 1 atom stereocenters. The first kappa shape index (κ1) is 18.0. The number of carbonyl (C=O) groups is 1. The number of ether oxygens (including phenoxy) is 1. The van der Waals surface area contributed by atoms with Crippen LogP contribution in [0.3, 0.4) is 0 Å². The van der Waals surface area contributed by atoms with Gasteiger partial charge in [-0.2, -0.15) is 0 Å². The van der Waals surface area contributed by atoms with Crippen molar-refractivity contribution in [3.63, 3.8) is 0 Å². The summed E-state index contributed by atoms with van der Waals surface area (Å²) in [7, 11) is 2.15. The Bertz CT molecular complexity index is 606. The van der Waals surface area contributed by atoms with E-state index in [2.05, 4.69) is 27.9 Å². The number of likely N-dealkylation sites (N-methyl/N-ethyl adjacent to an activating group) is 1. The topological polar surface area (TPSA) is 48.9 Å². The van der Waals surface area contributed by atoms with Crippen LogP contribution in [-0.4, -0.2) is 66.2 Å². The molecule has 2 fully saturated rings. The quantitative estimate of drug-likeness (QED) is 0.824. The maximum Gasteiger partial charge on any atom is 0.410 e. The molecular formula is C19H30N4O2. The molecule has 0 unspecified atom stereocenters. The fraction of sp³-hybridized carbons (Fsp3) is 0.684. The number of amides is 1. The number of carbonyl (C=O) groups excluding carboxylic acids is 1. The smallest absolute Gasteiger partial charge is 0.410 e. The van der Waals surface area contributed by atoms with E-state index in [1.165, 1.54) is 0 Å². The highest BCUT2D eigenvalue weighted by molar-refractivity contribution is 5.70. The first-order valence-corrected chi connectivity index (χ1v) is 9.23. The normalized spacial score (nSPS) is 22.3. The predicted molar refractivity (Wildman–Crippen MR) is 98.9 cm³/mol. The van der Waals surface area contributed by atoms with Crippen molar-refractivity contribution in [2.75, 3.05) is 44.7 Å². The molecule has 0 spiro atoms. The van der Waals surface area contributed by atoms with Gasteiger partial charge in [0.15, 0.2) is 0 Å². The number of nitrogens with zero attached hydrogens (tertiary/aromatic N) is 4. The van der Waals surface area contributed by atoms with Crippen LogP contribution in [0, 0.1) is 0 Å². The lowest BCUT2D eigenvalue weighted by atomic mass is 10.0. The van der Waals surface area contributed by atoms with Gasteiger partial charge in [-0.05, 0) is 46.7 Å². The zero-order valence-corrected chi connectivity index (χ0v) is 15.9. The van der Waals surface area contributed by atoms with E-state index in [1.54, 1.807) is 0 Å². The number of hydrogen-bond donors (Lipinski definition) is 0. The number of anilines is 1. The van der Waals surface area contributed by atoms with Gasteiger partial charge in [0, 0.05) is 44.5 Å². The minimum atomic E-state index is -0.473. The zero-order valence-electron chi connectivity index (χ0n) is 15.9. The van der Waals surface area contributed by atoms with E-state index in [0.717, 1.165) is 56.9 Å². The Balaban J connectivity index is 1.82. The third-order valence-corrected chi connectivity index (χ3v) is 4.86. The van der Waals surface area contributed by atoms with Gasteiger partial charge in [-0.15, -0.1) is 0 Å². The maximum atomic E-state index is 12.6. The summed E-state index contributed by atoms with van der Waals surface area (Å²) in [5.74, 6) is 1.02. The van der Waals surface area contributed by atoms with Gasteiger partial charge in [0.25, 0.3) is 0 Å². The highest BCUT2D eigenvalue weighted by Gasteiger charge is 2.35. The highest BCUT2D eigenvalue weighted by atomic mass is 16.6. The molecule has 6 heteroatoms. The number of pyridine rings is 1. The van der Waals surface area contributed by atoms with Crippen molar-refractivity contribution in [2.45, 2.75) is 45.3 Å². The second-order valence-corrected chi connectivity index (χ2v) is 8.04. The van der Waals surface area contributed by atoms with Crippen LogP contribution in [0.1, 0.15) is 45.2 Å². The molecule has 6 nitrogen and oxygen atoms in total. The van der Waals surface area contributed by atoms with Gasteiger partial charge < -0.3 is 19.4 Å². The molecule has 1 aromatic rings. The van der Waals surface area contributed by atoms with Gasteiger partial charge in [0.05, 0.1) is 6.04 Å². The van der Waals surface area contributed by atoms with E-state index >= 15 is 0 Å². The van der Waals surface area contributed by atoms with E-state index in [-0.39, 0.29) is 12.1 Å². The predicted octanol–water partition coefficient (Wildman–Crippen LogP) is 2.91. The van der Waals surface area contributed by atoms with Crippen molar-refractivity contribution in [3.8, 4) is 0 Å². The van der Waals surface area contributed by atoms with Gasteiger partial charge in [-0.25, -0.2) is 9.78 Å². The summed E-state index contributed by atoms with van der Waals surface area (Å²) in [6.07, 6.45) is 3.60. The van der Waals surface area contributed by atoms with Gasteiger partial charge in [0.2, 0.25) is 0 Å². The molecule has 0 aliphatic carbocycles. The molecular weight excluding hydrogens is 316 g/mol. The van der Waals surface area contributed by atoms with E-state index < -0.39 is 5.60 Å². The largest absolute Gasteiger partial charge is 0.444 e. The average Bonchev–Trinajstić information content (AvgIpc) is 3.04. The summed E-state index contributed by atoms with van der Waals surface area (Å²) in [6.45, 7) is 10.5. The lowest BCUT2D eigenvalue weighted by Crippen LogP contribution is -2.45. The molecule has 0 bridgehead atoms. The Morgan fingerprint density at radius 3 is 2.60 bits per heavy atom. The Labute approximate surface area is 150 Å². The van der Waals surface area contributed by atoms with Gasteiger partial charge >= 0.3 is 6.09 Å². The maximum absolute atomic E-state index is 12.6. The summed E-state index contributed by atoms with van der Waals surface area (Å²) in [4.78, 5) is 23.9. The Morgan fingerprint density at radius 1 is 1.20 bits per heavy atom. The van der Waals surface area contributed by atoms with Crippen molar-refractivity contribution in [1.82, 2.24) is 14.8 Å². The van der Waals surface area contributed by atoms with Crippen LogP contribution >= 0.6 is 0 Å². The number of rotatable bonds is 2. The van der Waals surface area contributed by atoms with Crippen LogP contribution in [0.4, 0.5) is 10.6 Å². The van der Waals surface area contributed by atoms with Gasteiger partial charge in [-0.1, -0.05) is 6.07 Å². The van der Waals surface area contributed by atoms with Crippen LogP contribution in [0.15, 0.2) is 18.3 Å². The summed E-state index contributed by atoms with van der Waals surface area (Å²) < 4.78 is 5.62. The standard InChI is InChI=1S/C19H30N4O2/c1-19(2,3)25-18(24)23-10-6-8-16(23)15-7-5-9-20-17(15)22-13-11-21(4)12-14-22/h5,7,9,16H,6,8,10-14H2,1-4H3/t16-/m1/s1. The second kappa shape index (κ2) is 7.20. The van der Waals surface area contributed by atoms with E-state index in [1.807, 2.05) is 37.9 Å². The molecule has 0 aromatic carbocycles. The Hall–Kier alpha value is -1.82. The molecule has 2 aliphatic heterocycles. The highest BCUT2D eigenvalue weighted by Crippen LogP contribution is 2.37. The fourth-order valence-electron chi connectivity index (χ4n) is 3.58. The third kappa shape index (κ3) is 4.24. The first-order chi connectivity index (χ1) is 11.8. The molecule has 138 valence electrons. The summed E-state index contributed by atoms with van der Waals surface area (Å²) in [5.41, 5.74) is 0.676. The first-order valence-electron chi connectivity index (χ1n) is 9.23. The fourth-order valence-corrected chi connectivity index (χ4v) is 3.58. The minimum absolute atomic E-state index is 0.0539. The molecule has 1 amide bonds. The number of piperazine rings is 1. The monoisotopic (exact) mass is 346 g/mol. The van der Waals surface area contributed by atoms with Crippen LogP contribution in [0.25, 0.3) is 0 Å². The average molecular weight is 346 g/mol. The Kier molecular flexibility index (Phi) is 5.18. The van der Waals surface area contributed by atoms with Crippen LogP contribution in [0.5, 0.6) is 0 Å². The van der Waals surface area contributed by atoms with Crippen molar-refractivity contribution in [3.05, 3.63) is 23.9 Å². The number of likely N-dealkylation sites (tertiary alicyclic amines) is 1. The van der Waals surface area contributed by atoms with E-state index in [9.17, 15) is 4.79 Å². The summed E-state index contributed by atoms with van der Waals surface area (Å²) in [6, 6.07) is 4.15. The molecule has 0 N–H and O–H groups in total. The van der Waals surface area contributed by atoms with Gasteiger partial charge in [0.1, 0.15) is 11.4 Å². The third-order valence-electron chi connectivity index (χ3n) is 4.86. The second-order valence-electron chi connectivity index (χ2n) is 8.04. The molecule has 1 aromatic heterocycles. The van der Waals surface area contributed by atoms with Crippen molar-refractivity contribution in [1.29, 1.82) is 0 Å². The van der Waals surface area contributed by atoms with Crippen molar-refractivity contribution < 1.29 is 9.53 Å². The molecule has 2 aliphatic rings. The lowest BCUT2D eigenvalue weighted by Gasteiger charge is -2.36. The summed E-state index contributed by atoms with van der Waals surface area (Å²) in [5, 5.41) is 0. The molecule has 0 radical (unpaired) electrons. The molecule has 0 saturated carbocycles. The van der Waals surface area contributed by atoms with E-state index in [0.29, 0.717) is 0 Å². The van der Waals surface area contributed by atoms with Gasteiger partial charge in [-0.3, -0.25) is 0 Å². The van der Waals surface area contributed by atoms with Crippen LogP contribution < -0.4 is 4.90 Å². The number of hydrogen-bond acceptors (Lipinski definition) is 5. The molecule has 3 heterocycles. The van der Waals surface area contributed by atoms with E-state index in [4.69, 9.17) is 4.74 Å². The van der Waals surface area contributed by atoms with Crippen LogP contribution in [0.2, 0.25) is 0 Å². The lowest BCUT2D eigenvalue weighted by molar-refractivity contribution is 0.0224. The zero-order chi connectivity index (χ0) is 18.0. The van der Waals surface area contributed by atoms with Crippen molar-refractivity contribution in [2.24, 2.45) is 0 Å². The SMILES string of the molecule is CN1CCN(c2ncccc2[C@H]2CCCN2C(=O)OC(C)(C)C)CC1. The van der Waals surface area contributed by atoms with Crippen LogP contribution in [-0.2, 0) is 4.74 Å². The number of aromatic nitrogens is 1. The summed E-state index contributed by atoms with van der Waals surface area (Å²) >= 11 is 0. The molecule has 25 heavy (non-hydrogen) atoms.